The van der Waals surface area contributed by atoms with Crippen molar-refractivity contribution in [2.45, 2.75) is 38.3 Å². The Bertz CT molecular complexity index is 290. The molecule has 0 aromatic carbocycles. The molecular formula is C9H14N2O4. The molecule has 1 aliphatic heterocycles. The highest BCUT2D eigenvalue weighted by molar-refractivity contribution is 5.92. The highest BCUT2D eigenvalue weighted by Gasteiger charge is 2.29. The van der Waals surface area contributed by atoms with E-state index in [9.17, 15) is 14.4 Å². The van der Waals surface area contributed by atoms with E-state index in [4.69, 9.17) is 5.11 Å². The van der Waals surface area contributed by atoms with Gasteiger partial charge in [-0.25, -0.2) is 4.79 Å². The summed E-state index contributed by atoms with van der Waals surface area (Å²) in [4.78, 5) is 33.0. The van der Waals surface area contributed by atoms with Crippen LogP contribution in [0.1, 0.15) is 26.2 Å². The number of amides is 2. The molecule has 1 rings (SSSR count). The van der Waals surface area contributed by atoms with E-state index in [0.29, 0.717) is 19.3 Å². The zero-order chi connectivity index (χ0) is 11.4. The summed E-state index contributed by atoms with van der Waals surface area (Å²) in [7, 11) is 0. The van der Waals surface area contributed by atoms with Crippen molar-refractivity contribution in [3.63, 3.8) is 0 Å². The molecule has 3 N–H and O–H groups in total. The number of carbonyl (C=O) groups excluding carboxylic acids is 2. The van der Waals surface area contributed by atoms with Crippen molar-refractivity contribution in [2.24, 2.45) is 0 Å². The van der Waals surface area contributed by atoms with Gasteiger partial charge >= 0.3 is 5.97 Å². The highest BCUT2D eigenvalue weighted by Crippen LogP contribution is 2.06. The third-order valence-corrected chi connectivity index (χ3v) is 2.33. The van der Waals surface area contributed by atoms with Crippen molar-refractivity contribution < 1.29 is 19.5 Å². The molecule has 84 valence electrons. The molecule has 1 heterocycles. The molecule has 6 nitrogen and oxygen atoms in total. The van der Waals surface area contributed by atoms with Gasteiger partial charge in [0, 0.05) is 6.42 Å². The Labute approximate surface area is 87.0 Å². The normalized spacial score (nSPS) is 21.9. The molecule has 0 aliphatic carbocycles. The van der Waals surface area contributed by atoms with Gasteiger partial charge in [0.1, 0.15) is 12.1 Å². The topological polar surface area (TPSA) is 95.5 Å². The van der Waals surface area contributed by atoms with Crippen LogP contribution in [-0.2, 0) is 14.4 Å². The van der Waals surface area contributed by atoms with Crippen molar-refractivity contribution in [3.05, 3.63) is 0 Å². The second-order valence-electron chi connectivity index (χ2n) is 3.47. The van der Waals surface area contributed by atoms with Crippen LogP contribution in [0, 0.1) is 0 Å². The van der Waals surface area contributed by atoms with E-state index in [1.54, 1.807) is 6.92 Å². The first-order valence-corrected chi connectivity index (χ1v) is 4.87. The lowest BCUT2D eigenvalue weighted by Crippen LogP contribution is -2.48. The van der Waals surface area contributed by atoms with Gasteiger partial charge in [0.15, 0.2) is 0 Å². The maximum Gasteiger partial charge on any atom is 0.326 e. The fraction of sp³-hybridized carbons (Fsp3) is 0.667. The van der Waals surface area contributed by atoms with E-state index in [1.807, 2.05) is 0 Å². The number of nitrogens with one attached hydrogen (secondary N) is 2. The molecule has 0 spiro atoms. The third-order valence-electron chi connectivity index (χ3n) is 2.33. The number of aliphatic carboxylic acids is 1. The minimum Gasteiger partial charge on any atom is -0.480 e. The molecule has 0 saturated carbocycles. The maximum absolute atomic E-state index is 11.5. The van der Waals surface area contributed by atoms with Gasteiger partial charge in [-0.3, -0.25) is 9.59 Å². The molecule has 0 aromatic heterocycles. The van der Waals surface area contributed by atoms with Gasteiger partial charge in [-0.05, 0) is 12.8 Å². The molecule has 1 saturated heterocycles. The molecule has 15 heavy (non-hydrogen) atoms. The minimum atomic E-state index is -1.06. The number of hydrogen-bond acceptors (Lipinski definition) is 3. The molecule has 0 radical (unpaired) electrons. The van der Waals surface area contributed by atoms with E-state index >= 15 is 0 Å². The Kier molecular flexibility index (Phi) is 3.65. The first-order chi connectivity index (χ1) is 7.04. The summed E-state index contributed by atoms with van der Waals surface area (Å²) < 4.78 is 0. The Morgan fingerprint density at radius 2 is 2.33 bits per heavy atom. The van der Waals surface area contributed by atoms with Crippen LogP contribution in [0.3, 0.4) is 0 Å². The SMILES string of the molecule is CC[C@H](NC(=O)[C@@H]1CCC(=O)N1)C(=O)O. The van der Waals surface area contributed by atoms with Gasteiger partial charge in [-0.15, -0.1) is 0 Å². The summed E-state index contributed by atoms with van der Waals surface area (Å²) >= 11 is 0. The molecule has 0 bridgehead atoms. The molecule has 1 aliphatic rings. The molecular weight excluding hydrogens is 200 g/mol. The smallest absolute Gasteiger partial charge is 0.326 e. The van der Waals surface area contributed by atoms with E-state index in [2.05, 4.69) is 10.6 Å². The molecule has 1 fully saturated rings. The Morgan fingerprint density at radius 3 is 2.73 bits per heavy atom. The monoisotopic (exact) mass is 214 g/mol. The van der Waals surface area contributed by atoms with Crippen molar-refractivity contribution in [2.75, 3.05) is 0 Å². The summed E-state index contributed by atoms with van der Waals surface area (Å²) in [5.41, 5.74) is 0. The van der Waals surface area contributed by atoms with E-state index in [1.165, 1.54) is 0 Å². The third kappa shape index (κ3) is 2.93. The number of carboxylic acids is 1. The predicted molar refractivity (Wildman–Crippen MR) is 51.0 cm³/mol. The number of carbonyl (C=O) groups is 3. The van der Waals surface area contributed by atoms with Crippen LogP contribution in [0.4, 0.5) is 0 Å². The van der Waals surface area contributed by atoms with Crippen LogP contribution in [0.5, 0.6) is 0 Å². The lowest BCUT2D eigenvalue weighted by molar-refractivity contribution is -0.142. The van der Waals surface area contributed by atoms with Crippen molar-refractivity contribution >= 4 is 17.8 Å². The predicted octanol–water partition coefficient (Wildman–Crippen LogP) is -0.756. The lowest BCUT2D eigenvalue weighted by atomic mass is 10.1. The van der Waals surface area contributed by atoms with Gasteiger partial charge in [-0.1, -0.05) is 6.92 Å². The maximum atomic E-state index is 11.5. The fourth-order valence-electron chi connectivity index (χ4n) is 1.42. The van der Waals surface area contributed by atoms with Gasteiger partial charge in [-0.2, -0.15) is 0 Å². The second kappa shape index (κ2) is 4.77. The summed E-state index contributed by atoms with van der Waals surface area (Å²) in [6.45, 7) is 1.67. The summed E-state index contributed by atoms with van der Waals surface area (Å²) in [5, 5.41) is 13.6. The average Bonchev–Trinajstić information content (AvgIpc) is 2.60. The average molecular weight is 214 g/mol. The van der Waals surface area contributed by atoms with Crippen LogP contribution < -0.4 is 10.6 Å². The van der Waals surface area contributed by atoms with E-state index < -0.39 is 24.0 Å². The molecule has 2 amide bonds. The largest absolute Gasteiger partial charge is 0.480 e. The zero-order valence-corrected chi connectivity index (χ0v) is 8.45. The van der Waals surface area contributed by atoms with Gasteiger partial charge in [0.05, 0.1) is 0 Å². The van der Waals surface area contributed by atoms with Gasteiger partial charge in [0.2, 0.25) is 11.8 Å². The Hall–Kier alpha value is -1.59. The van der Waals surface area contributed by atoms with Gasteiger partial charge < -0.3 is 15.7 Å². The summed E-state index contributed by atoms with van der Waals surface area (Å²) in [6.07, 6.45) is 1.07. The van der Waals surface area contributed by atoms with Crippen molar-refractivity contribution in [1.82, 2.24) is 10.6 Å². The van der Waals surface area contributed by atoms with Crippen molar-refractivity contribution in [1.29, 1.82) is 0 Å². The van der Waals surface area contributed by atoms with Crippen LogP contribution in [0.2, 0.25) is 0 Å². The Morgan fingerprint density at radius 1 is 1.67 bits per heavy atom. The molecule has 0 unspecified atom stereocenters. The number of hydrogen-bond donors (Lipinski definition) is 3. The summed E-state index contributed by atoms with van der Waals surface area (Å²) in [5.74, 6) is -1.65. The quantitative estimate of drug-likeness (QED) is 0.573. The highest BCUT2D eigenvalue weighted by atomic mass is 16.4. The molecule has 0 aromatic rings. The fourth-order valence-corrected chi connectivity index (χ4v) is 1.42. The van der Waals surface area contributed by atoms with E-state index in [-0.39, 0.29) is 5.91 Å². The first kappa shape index (κ1) is 11.5. The molecule has 2 atom stereocenters. The second-order valence-corrected chi connectivity index (χ2v) is 3.47. The van der Waals surface area contributed by atoms with Crippen LogP contribution >= 0.6 is 0 Å². The zero-order valence-electron chi connectivity index (χ0n) is 8.45. The van der Waals surface area contributed by atoms with Crippen LogP contribution in [-0.4, -0.2) is 35.0 Å². The van der Waals surface area contributed by atoms with Crippen LogP contribution in [0.25, 0.3) is 0 Å². The number of carboxylic acid groups (broad SMARTS) is 1. The molecule has 6 heteroatoms. The van der Waals surface area contributed by atoms with Crippen molar-refractivity contribution in [3.8, 4) is 0 Å². The first-order valence-electron chi connectivity index (χ1n) is 4.87. The lowest BCUT2D eigenvalue weighted by Gasteiger charge is -2.15. The number of rotatable bonds is 4. The Balaban J connectivity index is 2.47. The van der Waals surface area contributed by atoms with Gasteiger partial charge in [0.25, 0.3) is 0 Å². The summed E-state index contributed by atoms with van der Waals surface area (Å²) in [6, 6.07) is -1.46. The standard InChI is InChI=1S/C9H14N2O4/c1-2-5(9(14)15)11-8(13)6-3-4-7(12)10-6/h5-6H,2-4H2,1H3,(H,10,12)(H,11,13)(H,14,15)/t5-,6-/m0/s1. The minimum absolute atomic E-state index is 0.168. The van der Waals surface area contributed by atoms with E-state index in [0.717, 1.165) is 0 Å². The van der Waals surface area contributed by atoms with Crippen LogP contribution in [0.15, 0.2) is 0 Å².